The van der Waals surface area contributed by atoms with Crippen molar-refractivity contribution in [3.8, 4) is 0 Å². The molecule has 0 fully saturated rings. The fraction of sp³-hybridized carbons (Fsp3) is 0. The van der Waals surface area contributed by atoms with E-state index in [9.17, 15) is 9.18 Å². The highest BCUT2D eigenvalue weighted by atomic mass is 32.1. The molecule has 0 radical (unpaired) electrons. The largest absolute Gasteiger partial charge is 0.321 e. The van der Waals surface area contributed by atoms with Gasteiger partial charge in [0.2, 0.25) is 0 Å². The number of carbonyl (C=O) groups excluding carboxylic acids is 1. The van der Waals surface area contributed by atoms with E-state index >= 15 is 0 Å². The summed E-state index contributed by atoms with van der Waals surface area (Å²) < 4.78 is 13.2. The number of hydrogen-bond acceptors (Lipinski definition) is 3. The molecular formula is C16H11FN2OS. The number of fused-ring (bicyclic) bond motifs is 1. The first-order valence-corrected chi connectivity index (χ1v) is 6.73. The molecule has 21 heavy (non-hydrogen) atoms. The molecule has 0 spiro atoms. The Morgan fingerprint density at radius 2 is 2.00 bits per heavy atom. The maximum Gasteiger partial charge on any atom is 0.255 e. The topological polar surface area (TPSA) is 42.0 Å². The van der Waals surface area contributed by atoms with E-state index in [-0.39, 0.29) is 10.8 Å². The Labute approximate surface area is 126 Å². The van der Waals surface area contributed by atoms with Gasteiger partial charge in [-0.3, -0.25) is 9.78 Å². The third-order valence-electron chi connectivity index (χ3n) is 3.10. The highest BCUT2D eigenvalue weighted by Gasteiger charge is 2.10. The summed E-state index contributed by atoms with van der Waals surface area (Å²) in [5.41, 5.74) is 1.81. The molecule has 5 heteroatoms. The summed E-state index contributed by atoms with van der Waals surface area (Å²) in [5.74, 6) is -0.772. The maximum atomic E-state index is 13.2. The molecule has 3 nitrogen and oxygen atoms in total. The molecule has 1 N–H and O–H groups in total. The quantitative estimate of drug-likeness (QED) is 0.704. The van der Waals surface area contributed by atoms with Crippen molar-refractivity contribution in [2.45, 2.75) is 4.90 Å². The Hall–Kier alpha value is -2.40. The van der Waals surface area contributed by atoms with Crippen LogP contribution in [0.5, 0.6) is 0 Å². The number of nitrogens with zero attached hydrogens (tertiary/aromatic N) is 1. The van der Waals surface area contributed by atoms with Gasteiger partial charge in [0.15, 0.2) is 0 Å². The van der Waals surface area contributed by atoms with Crippen LogP contribution in [0.4, 0.5) is 10.1 Å². The van der Waals surface area contributed by atoms with Crippen LogP contribution in [0.1, 0.15) is 10.4 Å². The SMILES string of the molecule is O=C(Nc1cccc2ncccc12)c1ccc(F)c(S)c1. The molecule has 2 aromatic carbocycles. The van der Waals surface area contributed by atoms with Gasteiger partial charge in [-0.15, -0.1) is 12.6 Å². The van der Waals surface area contributed by atoms with E-state index in [4.69, 9.17) is 0 Å². The highest BCUT2D eigenvalue weighted by Crippen LogP contribution is 2.22. The monoisotopic (exact) mass is 298 g/mol. The number of aromatic nitrogens is 1. The van der Waals surface area contributed by atoms with Crippen LogP contribution in [0.3, 0.4) is 0 Å². The van der Waals surface area contributed by atoms with Gasteiger partial charge in [0.1, 0.15) is 5.82 Å². The van der Waals surface area contributed by atoms with Crippen LogP contribution >= 0.6 is 12.6 Å². The molecule has 0 bridgehead atoms. The van der Waals surface area contributed by atoms with E-state index in [1.165, 1.54) is 18.2 Å². The van der Waals surface area contributed by atoms with Crippen LogP contribution in [0.25, 0.3) is 10.9 Å². The molecule has 0 aliphatic rings. The lowest BCUT2D eigenvalue weighted by atomic mass is 10.1. The van der Waals surface area contributed by atoms with Crippen molar-refractivity contribution in [1.82, 2.24) is 4.98 Å². The lowest BCUT2D eigenvalue weighted by molar-refractivity contribution is 0.102. The Kier molecular flexibility index (Phi) is 3.58. The van der Waals surface area contributed by atoms with Crippen LogP contribution in [0, 0.1) is 5.82 Å². The number of rotatable bonds is 2. The maximum absolute atomic E-state index is 13.2. The Balaban J connectivity index is 1.94. The normalized spacial score (nSPS) is 10.6. The zero-order valence-electron chi connectivity index (χ0n) is 10.9. The minimum atomic E-state index is -0.454. The molecule has 0 saturated carbocycles. The summed E-state index contributed by atoms with van der Waals surface area (Å²) in [6, 6.07) is 13.2. The molecule has 104 valence electrons. The predicted octanol–water partition coefficient (Wildman–Crippen LogP) is 3.91. The van der Waals surface area contributed by atoms with E-state index in [0.29, 0.717) is 11.3 Å². The molecule has 1 aromatic heterocycles. The number of carbonyl (C=O) groups is 1. The fourth-order valence-corrected chi connectivity index (χ4v) is 2.27. The zero-order valence-corrected chi connectivity index (χ0v) is 11.8. The van der Waals surface area contributed by atoms with Crippen molar-refractivity contribution in [2.24, 2.45) is 0 Å². The molecule has 0 atom stereocenters. The number of halogens is 1. The third kappa shape index (κ3) is 2.73. The van der Waals surface area contributed by atoms with Crippen molar-refractivity contribution in [1.29, 1.82) is 0 Å². The minimum Gasteiger partial charge on any atom is -0.321 e. The van der Waals surface area contributed by atoms with Crippen LogP contribution in [0.15, 0.2) is 59.6 Å². The van der Waals surface area contributed by atoms with Crippen LogP contribution in [0.2, 0.25) is 0 Å². The van der Waals surface area contributed by atoms with Crippen LogP contribution in [-0.4, -0.2) is 10.9 Å². The standard InChI is InChI=1S/C16H11FN2OS/c17-12-7-6-10(9-15(12)21)16(20)19-14-5-1-4-13-11(14)3-2-8-18-13/h1-9,21H,(H,19,20). The molecular weight excluding hydrogens is 287 g/mol. The van der Waals surface area contributed by atoms with E-state index in [1.807, 2.05) is 24.3 Å². The minimum absolute atomic E-state index is 0.141. The van der Waals surface area contributed by atoms with Gasteiger partial charge in [-0.05, 0) is 42.5 Å². The van der Waals surface area contributed by atoms with Gasteiger partial charge >= 0.3 is 0 Å². The van der Waals surface area contributed by atoms with Crippen molar-refractivity contribution < 1.29 is 9.18 Å². The molecule has 0 aliphatic carbocycles. The number of hydrogen-bond donors (Lipinski definition) is 2. The summed E-state index contributed by atoms with van der Waals surface area (Å²) in [6.45, 7) is 0. The second-order valence-electron chi connectivity index (χ2n) is 4.50. The zero-order chi connectivity index (χ0) is 14.8. The molecule has 0 aliphatic heterocycles. The van der Waals surface area contributed by atoms with Crippen molar-refractivity contribution >= 4 is 35.1 Å². The van der Waals surface area contributed by atoms with E-state index < -0.39 is 5.82 Å². The molecule has 0 unspecified atom stereocenters. The average molecular weight is 298 g/mol. The van der Waals surface area contributed by atoms with Crippen LogP contribution in [-0.2, 0) is 0 Å². The van der Waals surface area contributed by atoms with Crippen LogP contribution < -0.4 is 5.32 Å². The lowest BCUT2D eigenvalue weighted by Crippen LogP contribution is -2.12. The Bertz CT molecular complexity index is 830. The molecule has 0 saturated heterocycles. The van der Waals surface area contributed by atoms with Gasteiger partial charge in [0.25, 0.3) is 5.91 Å². The van der Waals surface area contributed by atoms with Gasteiger partial charge in [0.05, 0.1) is 11.2 Å². The lowest BCUT2D eigenvalue weighted by Gasteiger charge is -2.08. The highest BCUT2D eigenvalue weighted by molar-refractivity contribution is 7.80. The first-order chi connectivity index (χ1) is 10.1. The summed E-state index contributed by atoms with van der Waals surface area (Å²) in [4.78, 5) is 16.6. The summed E-state index contributed by atoms with van der Waals surface area (Å²) >= 11 is 3.98. The Morgan fingerprint density at radius 1 is 1.14 bits per heavy atom. The fourth-order valence-electron chi connectivity index (χ4n) is 2.06. The molecule has 3 rings (SSSR count). The first kappa shape index (κ1) is 13.6. The number of amides is 1. The predicted molar refractivity (Wildman–Crippen MR) is 83.3 cm³/mol. The van der Waals surface area contributed by atoms with Crippen molar-refractivity contribution in [2.75, 3.05) is 5.32 Å². The van der Waals surface area contributed by atoms with Gasteiger partial charge < -0.3 is 5.32 Å². The van der Waals surface area contributed by atoms with Gasteiger partial charge in [-0.1, -0.05) is 6.07 Å². The number of thiol groups is 1. The second kappa shape index (κ2) is 5.54. The van der Waals surface area contributed by atoms with Gasteiger partial charge in [0, 0.05) is 22.0 Å². The molecule has 1 amide bonds. The third-order valence-corrected chi connectivity index (χ3v) is 3.44. The van der Waals surface area contributed by atoms with Crippen molar-refractivity contribution in [3.05, 3.63) is 66.1 Å². The number of benzene rings is 2. The summed E-state index contributed by atoms with van der Waals surface area (Å²) in [6.07, 6.45) is 1.70. The first-order valence-electron chi connectivity index (χ1n) is 6.29. The van der Waals surface area contributed by atoms with Crippen molar-refractivity contribution in [3.63, 3.8) is 0 Å². The van der Waals surface area contributed by atoms with E-state index in [1.54, 1.807) is 12.3 Å². The van der Waals surface area contributed by atoms with Gasteiger partial charge in [-0.25, -0.2) is 4.39 Å². The average Bonchev–Trinajstić information content (AvgIpc) is 2.50. The second-order valence-corrected chi connectivity index (χ2v) is 4.98. The number of anilines is 1. The summed E-state index contributed by atoms with van der Waals surface area (Å²) in [7, 11) is 0. The Morgan fingerprint density at radius 3 is 2.81 bits per heavy atom. The molecule has 1 heterocycles. The van der Waals surface area contributed by atoms with E-state index in [2.05, 4.69) is 22.9 Å². The number of nitrogens with one attached hydrogen (secondary N) is 1. The molecule has 3 aromatic rings. The van der Waals surface area contributed by atoms with Gasteiger partial charge in [-0.2, -0.15) is 0 Å². The van der Waals surface area contributed by atoms with E-state index in [0.717, 1.165) is 10.9 Å². The number of pyridine rings is 1. The smallest absolute Gasteiger partial charge is 0.255 e. The summed E-state index contributed by atoms with van der Waals surface area (Å²) in [5, 5.41) is 3.66.